The summed E-state index contributed by atoms with van der Waals surface area (Å²) >= 11 is 0. The molecule has 2 aliphatic heterocycles. The maximum atomic E-state index is 13.0. The molecule has 1 atom stereocenters. The second-order valence-corrected chi connectivity index (χ2v) is 8.52. The van der Waals surface area contributed by atoms with Crippen molar-refractivity contribution < 1.29 is 9.53 Å². The number of hydrogen-bond donors (Lipinski definition) is 2. The summed E-state index contributed by atoms with van der Waals surface area (Å²) in [6.07, 6.45) is 4.82. The fourth-order valence-electron chi connectivity index (χ4n) is 4.48. The zero-order valence-corrected chi connectivity index (χ0v) is 18.3. The number of hydrogen-bond acceptors (Lipinski definition) is 6. The average Bonchev–Trinajstić information content (AvgIpc) is 3.31. The third kappa shape index (κ3) is 5.04. The van der Waals surface area contributed by atoms with E-state index < -0.39 is 11.2 Å². The van der Waals surface area contributed by atoms with Crippen LogP contribution < -0.4 is 21.9 Å². The number of H-pyrrole nitrogens is 1. The van der Waals surface area contributed by atoms with Crippen molar-refractivity contribution in [2.45, 2.75) is 44.8 Å². The zero-order chi connectivity index (χ0) is 22.5. The number of benzene rings is 1. The number of aromatic amines is 1. The van der Waals surface area contributed by atoms with Gasteiger partial charge in [0.05, 0.1) is 19.2 Å². The molecule has 4 rings (SSSR count). The quantitative estimate of drug-likeness (QED) is 0.667. The largest absolute Gasteiger partial charge is 0.383 e. The molecule has 9 nitrogen and oxygen atoms in total. The minimum atomic E-state index is -0.582. The van der Waals surface area contributed by atoms with E-state index in [1.165, 1.54) is 4.57 Å². The summed E-state index contributed by atoms with van der Waals surface area (Å²) in [7, 11) is 0. The Balaban J connectivity index is 1.67. The maximum absolute atomic E-state index is 13.0. The number of nitrogens with two attached hydrogens (primary N) is 1. The van der Waals surface area contributed by atoms with Gasteiger partial charge in [-0.15, -0.1) is 0 Å². The molecule has 1 aromatic heterocycles. The van der Waals surface area contributed by atoms with Gasteiger partial charge in [0.1, 0.15) is 11.5 Å². The van der Waals surface area contributed by atoms with E-state index in [-0.39, 0.29) is 36.6 Å². The van der Waals surface area contributed by atoms with Crippen molar-refractivity contribution in [3.63, 3.8) is 0 Å². The molecule has 2 aliphatic rings. The molecule has 2 fully saturated rings. The van der Waals surface area contributed by atoms with Crippen molar-refractivity contribution in [2.75, 3.05) is 43.4 Å². The SMILES string of the molecule is Nc1c(N(CC(=O)N2CCCCC2)CC2CCCO2)c(=O)[nH]c(=O)n1Cc1ccccc1. The van der Waals surface area contributed by atoms with Crippen LogP contribution in [0.2, 0.25) is 0 Å². The number of anilines is 2. The molecule has 2 aromatic rings. The van der Waals surface area contributed by atoms with Gasteiger partial charge in [0, 0.05) is 26.2 Å². The molecule has 1 aromatic carbocycles. The average molecular weight is 442 g/mol. The highest BCUT2D eigenvalue weighted by molar-refractivity contribution is 5.82. The molecule has 1 unspecified atom stereocenters. The van der Waals surface area contributed by atoms with E-state index in [9.17, 15) is 14.4 Å². The van der Waals surface area contributed by atoms with E-state index in [0.717, 1.165) is 50.8 Å². The van der Waals surface area contributed by atoms with Crippen molar-refractivity contribution >= 4 is 17.4 Å². The van der Waals surface area contributed by atoms with Crippen LogP contribution in [0.3, 0.4) is 0 Å². The lowest BCUT2D eigenvalue weighted by Crippen LogP contribution is -2.47. The van der Waals surface area contributed by atoms with Crippen LogP contribution in [-0.2, 0) is 16.1 Å². The van der Waals surface area contributed by atoms with Crippen LogP contribution >= 0.6 is 0 Å². The number of aromatic nitrogens is 2. The molecule has 1 amide bonds. The third-order valence-corrected chi connectivity index (χ3v) is 6.20. The lowest BCUT2D eigenvalue weighted by Gasteiger charge is -2.32. The monoisotopic (exact) mass is 441 g/mol. The Hall–Kier alpha value is -3.07. The van der Waals surface area contributed by atoms with Crippen LogP contribution in [0.25, 0.3) is 0 Å². The first-order valence-corrected chi connectivity index (χ1v) is 11.3. The van der Waals surface area contributed by atoms with Crippen LogP contribution in [0, 0.1) is 0 Å². The van der Waals surface area contributed by atoms with E-state index in [1.807, 2.05) is 35.2 Å². The van der Waals surface area contributed by atoms with Gasteiger partial charge in [0.2, 0.25) is 5.91 Å². The lowest BCUT2D eigenvalue weighted by molar-refractivity contribution is -0.130. The Labute approximate surface area is 186 Å². The minimum Gasteiger partial charge on any atom is -0.383 e. The summed E-state index contributed by atoms with van der Waals surface area (Å²) in [5, 5.41) is 0. The Morgan fingerprint density at radius 3 is 2.56 bits per heavy atom. The topological polar surface area (TPSA) is 114 Å². The number of nitrogens with one attached hydrogen (secondary N) is 1. The van der Waals surface area contributed by atoms with E-state index in [1.54, 1.807) is 4.90 Å². The van der Waals surface area contributed by atoms with Gasteiger partial charge >= 0.3 is 5.69 Å². The highest BCUT2D eigenvalue weighted by Gasteiger charge is 2.28. The zero-order valence-electron chi connectivity index (χ0n) is 18.3. The molecule has 172 valence electrons. The number of nitrogen functional groups attached to an aromatic ring is 1. The van der Waals surface area contributed by atoms with Crippen molar-refractivity contribution in [3.05, 3.63) is 56.7 Å². The Kier molecular flexibility index (Phi) is 6.94. The Morgan fingerprint density at radius 1 is 1.12 bits per heavy atom. The number of nitrogens with zero attached hydrogens (tertiary/aromatic N) is 3. The molecule has 0 saturated carbocycles. The maximum Gasteiger partial charge on any atom is 0.330 e. The number of carbonyl (C=O) groups excluding carboxylic acids is 1. The second-order valence-electron chi connectivity index (χ2n) is 8.52. The van der Waals surface area contributed by atoms with Crippen LogP contribution in [0.5, 0.6) is 0 Å². The number of likely N-dealkylation sites (tertiary alicyclic amines) is 1. The van der Waals surface area contributed by atoms with E-state index >= 15 is 0 Å². The number of carbonyl (C=O) groups is 1. The Bertz CT molecular complexity index is 1040. The van der Waals surface area contributed by atoms with E-state index in [4.69, 9.17) is 10.5 Å². The van der Waals surface area contributed by atoms with Crippen molar-refractivity contribution in [1.29, 1.82) is 0 Å². The van der Waals surface area contributed by atoms with Crippen LogP contribution in [-0.4, -0.2) is 59.2 Å². The summed E-state index contributed by atoms with van der Waals surface area (Å²) in [6, 6.07) is 9.43. The van der Waals surface area contributed by atoms with Crippen molar-refractivity contribution in [3.8, 4) is 0 Å². The van der Waals surface area contributed by atoms with E-state index in [2.05, 4.69) is 4.98 Å². The van der Waals surface area contributed by atoms with Crippen molar-refractivity contribution in [1.82, 2.24) is 14.5 Å². The molecule has 2 saturated heterocycles. The van der Waals surface area contributed by atoms with Crippen LogP contribution in [0.4, 0.5) is 11.5 Å². The van der Waals surface area contributed by atoms with E-state index in [0.29, 0.717) is 13.2 Å². The summed E-state index contributed by atoms with van der Waals surface area (Å²) in [6.45, 7) is 2.74. The number of ether oxygens (including phenoxy) is 1. The molecule has 0 spiro atoms. The van der Waals surface area contributed by atoms with Gasteiger partial charge < -0.3 is 20.3 Å². The predicted octanol–water partition coefficient (Wildman–Crippen LogP) is 1.17. The predicted molar refractivity (Wildman–Crippen MR) is 123 cm³/mol. The first kappa shape index (κ1) is 22.1. The van der Waals surface area contributed by atoms with Gasteiger partial charge in [-0.05, 0) is 37.7 Å². The summed E-state index contributed by atoms with van der Waals surface area (Å²) in [4.78, 5) is 44.4. The van der Waals surface area contributed by atoms with Crippen LogP contribution in [0.15, 0.2) is 39.9 Å². The summed E-state index contributed by atoms with van der Waals surface area (Å²) < 4.78 is 7.12. The molecule has 0 aliphatic carbocycles. The molecule has 0 bridgehead atoms. The molecular weight excluding hydrogens is 410 g/mol. The molecule has 0 radical (unpaired) electrons. The summed E-state index contributed by atoms with van der Waals surface area (Å²) in [5.74, 6) is 0.0225. The molecule has 32 heavy (non-hydrogen) atoms. The fourth-order valence-corrected chi connectivity index (χ4v) is 4.48. The first-order chi connectivity index (χ1) is 15.5. The Morgan fingerprint density at radius 2 is 1.88 bits per heavy atom. The minimum absolute atomic E-state index is 0.0245. The molecule has 3 N–H and O–H groups in total. The molecular formula is C23H31N5O4. The van der Waals surface area contributed by atoms with Crippen molar-refractivity contribution in [2.24, 2.45) is 0 Å². The van der Waals surface area contributed by atoms with Gasteiger partial charge in [-0.2, -0.15) is 0 Å². The smallest absolute Gasteiger partial charge is 0.330 e. The number of rotatable bonds is 7. The normalized spacial score (nSPS) is 18.6. The highest BCUT2D eigenvalue weighted by atomic mass is 16.5. The van der Waals surface area contributed by atoms with Gasteiger partial charge in [0.15, 0.2) is 0 Å². The third-order valence-electron chi connectivity index (χ3n) is 6.20. The van der Waals surface area contributed by atoms with Gasteiger partial charge in [-0.25, -0.2) is 4.79 Å². The standard InChI is InChI=1S/C23H31N5O4/c24-21-20(22(30)25-23(31)28(21)14-17-8-3-1-4-9-17)27(15-18-10-7-13-32-18)16-19(29)26-11-5-2-6-12-26/h1,3-4,8-9,18H,2,5-7,10-16,24H2,(H,25,30,31). The first-order valence-electron chi connectivity index (χ1n) is 11.3. The molecule has 9 heteroatoms. The fraction of sp³-hybridized carbons (Fsp3) is 0.522. The second kappa shape index (κ2) is 10.0. The summed E-state index contributed by atoms with van der Waals surface area (Å²) in [5.41, 5.74) is 6.28. The number of amides is 1. The molecule has 3 heterocycles. The van der Waals surface area contributed by atoms with Gasteiger partial charge in [-0.3, -0.25) is 19.1 Å². The van der Waals surface area contributed by atoms with Gasteiger partial charge in [-0.1, -0.05) is 30.3 Å². The highest BCUT2D eigenvalue weighted by Crippen LogP contribution is 2.22. The van der Waals surface area contributed by atoms with Crippen LogP contribution in [0.1, 0.15) is 37.7 Å². The lowest BCUT2D eigenvalue weighted by atomic mass is 10.1. The van der Waals surface area contributed by atoms with Gasteiger partial charge in [0.25, 0.3) is 5.56 Å². The number of piperidine rings is 1.